The second-order valence-electron chi connectivity index (χ2n) is 8.29. The number of hydrogen-bond donors (Lipinski definition) is 7. The minimum Gasteiger partial charge on any atom is -0.547 e. The molecule has 1 amide bonds. The molecule has 0 bridgehead atoms. The summed E-state index contributed by atoms with van der Waals surface area (Å²) >= 11 is 0. The summed E-state index contributed by atoms with van der Waals surface area (Å²) < 4.78 is 20.9. The first-order chi connectivity index (χ1) is 16.7. The van der Waals surface area contributed by atoms with Crippen LogP contribution in [0.25, 0.3) is 0 Å². The van der Waals surface area contributed by atoms with E-state index in [4.69, 9.17) is 18.9 Å². The Labute approximate surface area is 259 Å². The van der Waals surface area contributed by atoms with E-state index in [1.54, 1.807) is 0 Å². The maximum Gasteiger partial charge on any atom is 1.00 e. The summed E-state index contributed by atoms with van der Waals surface area (Å²) in [7, 11) is 0. The molecule has 0 aliphatic carbocycles. The molecule has 17 nitrogen and oxygen atoms in total. The van der Waals surface area contributed by atoms with Crippen molar-refractivity contribution in [2.75, 3.05) is 6.61 Å². The van der Waals surface area contributed by atoms with Gasteiger partial charge in [-0.05, 0) is 0 Å². The molecule has 0 spiro atoms. The van der Waals surface area contributed by atoms with Gasteiger partial charge in [0.1, 0.15) is 42.7 Å². The van der Waals surface area contributed by atoms with Crippen LogP contribution in [-0.2, 0) is 38.1 Å². The van der Waals surface area contributed by atoms with E-state index in [2.05, 4.69) is 5.32 Å². The maximum absolute atomic E-state index is 11.7. The molecule has 2 aliphatic rings. The van der Waals surface area contributed by atoms with Crippen molar-refractivity contribution in [1.29, 1.82) is 0 Å². The van der Waals surface area contributed by atoms with Crippen molar-refractivity contribution >= 4 is 23.8 Å². The van der Waals surface area contributed by atoms with Crippen LogP contribution in [0.1, 0.15) is 13.8 Å². The molecule has 206 valence electrons. The zero-order valence-corrected chi connectivity index (χ0v) is 24.9. The number of hydrogen-bond acceptors (Lipinski definition) is 15. The third-order valence-corrected chi connectivity index (χ3v) is 5.72. The molecule has 2 fully saturated rings. The van der Waals surface area contributed by atoms with Crippen LogP contribution >= 0.6 is 0 Å². The number of ether oxygens (including phenoxy) is 4. The topological polar surface area (TPSA) is 285 Å². The number of nitrogens with one attached hydrogen (secondary N) is 1. The summed E-state index contributed by atoms with van der Waals surface area (Å²) in [6, 6.07) is -1.72. The van der Waals surface area contributed by atoms with Crippen molar-refractivity contribution in [1.82, 2.24) is 5.32 Å². The third-order valence-electron chi connectivity index (χ3n) is 5.72. The van der Waals surface area contributed by atoms with Gasteiger partial charge in [-0.15, -0.1) is 0 Å². The summed E-state index contributed by atoms with van der Waals surface area (Å²) in [5.74, 6) is -7.87. The number of carbonyl (C=O) groups excluding carboxylic acids is 3. The summed E-state index contributed by atoms with van der Waals surface area (Å²) in [5, 5.41) is 84.3. The van der Waals surface area contributed by atoms with Gasteiger partial charge in [-0.2, -0.15) is 0 Å². The van der Waals surface area contributed by atoms with Crippen LogP contribution in [0.15, 0.2) is 0 Å². The Morgan fingerprint density at radius 1 is 1.00 bits per heavy atom. The predicted molar refractivity (Wildman–Crippen MR) is 103 cm³/mol. The Morgan fingerprint density at radius 3 is 2.03 bits per heavy atom. The van der Waals surface area contributed by atoms with Gasteiger partial charge in [-0.1, -0.05) is 6.92 Å². The van der Waals surface area contributed by atoms with Gasteiger partial charge < -0.3 is 74.7 Å². The third kappa shape index (κ3) is 8.76. The zero-order chi connectivity index (χ0) is 27.5. The van der Waals surface area contributed by atoms with Gasteiger partial charge in [0, 0.05) is 12.8 Å². The quantitative estimate of drug-likeness (QED) is 0.120. The first-order valence-corrected chi connectivity index (χ1v) is 10.6. The minimum absolute atomic E-state index is 0. The van der Waals surface area contributed by atoms with Crippen molar-refractivity contribution in [3.05, 3.63) is 0 Å². The molecule has 2 heterocycles. The fraction of sp³-hybridized carbons (Fsp3) is 0.789. The van der Waals surface area contributed by atoms with Gasteiger partial charge in [-0.25, -0.2) is 4.79 Å². The van der Waals surface area contributed by atoms with Gasteiger partial charge in [0.15, 0.2) is 18.7 Å². The Morgan fingerprint density at radius 2 is 1.58 bits per heavy atom. The van der Waals surface area contributed by atoms with E-state index in [-0.39, 0.29) is 59.1 Å². The van der Waals surface area contributed by atoms with Crippen LogP contribution in [0.5, 0.6) is 0 Å². The fourth-order valence-corrected chi connectivity index (χ4v) is 3.81. The van der Waals surface area contributed by atoms with Crippen LogP contribution in [-0.4, -0.2) is 129 Å². The van der Waals surface area contributed by atoms with Crippen LogP contribution in [0, 0.1) is 5.92 Å². The Hall–Kier alpha value is -0.480. The van der Waals surface area contributed by atoms with Crippen molar-refractivity contribution < 1.29 is 138 Å². The molecule has 0 aromatic carbocycles. The number of carbonyl (C=O) groups is 4. The molecule has 2 saturated heterocycles. The molecule has 7 N–H and O–H groups in total. The van der Waals surface area contributed by atoms with E-state index in [0.29, 0.717) is 0 Å². The molecule has 0 aromatic heterocycles. The molecule has 12 unspecified atom stereocenters. The van der Waals surface area contributed by atoms with Crippen LogP contribution in [0.4, 0.5) is 0 Å². The van der Waals surface area contributed by atoms with Crippen molar-refractivity contribution in [3.63, 3.8) is 0 Å². The standard InChI is InChI=1S/C19H29NO16.2Na/c1-4-8(23)10(25)19(34-12(4)16(29)30)35-13-6(3-21)33-18(7(9(13)24)20-5(2)22)36-14(17(31)32)11(26)15(27)28;;/h4,6-14,18-19,21,23-26H,3H2,1-2H3,(H,20,22)(H,27,28)(H,29,30)(H,31,32);;/q;2*+1/p-2. The zero-order valence-electron chi connectivity index (χ0n) is 20.9. The molecular weight excluding hydrogens is 544 g/mol. The molecule has 2 aliphatic heterocycles. The van der Waals surface area contributed by atoms with Gasteiger partial charge in [0.2, 0.25) is 5.91 Å². The van der Waals surface area contributed by atoms with Crippen molar-refractivity contribution in [3.8, 4) is 0 Å². The van der Waals surface area contributed by atoms with Crippen molar-refractivity contribution in [2.24, 2.45) is 5.92 Å². The number of carboxylic acids is 3. The summed E-state index contributed by atoms with van der Waals surface area (Å²) in [5.41, 5.74) is 0. The van der Waals surface area contributed by atoms with E-state index >= 15 is 0 Å². The largest absolute Gasteiger partial charge is 1.00 e. The number of carboxylic acid groups (broad SMARTS) is 3. The second kappa shape index (κ2) is 16.1. The van der Waals surface area contributed by atoms with E-state index < -0.39 is 104 Å². The molecule has 12 atom stereocenters. The Kier molecular flexibility index (Phi) is 15.9. The molecule has 0 radical (unpaired) electrons. The summed E-state index contributed by atoms with van der Waals surface area (Å²) in [4.78, 5) is 45.4. The summed E-state index contributed by atoms with van der Waals surface area (Å²) in [6.07, 6.45) is -19.6. The first-order valence-electron chi connectivity index (χ1n) is 10.6. The van der Waals surface area contributed by atoms with Crippen LogP contribution in [0.3, 0.4) is 0 Å². The molecule has 38 heavy (non-hydrogen) atoms. The fourth-order valence-electron chi connectivity index (χ4n) is 3.81. The minimum atomic E-state index is -2.70. The first kappa shape index (κ1) is 37.5. The van der Waals surface area contributed by atoms with Crippen LogP contribution < -0.4 is 74.6 Å². The maximum atomic E-state index is 11.7. The molecule has 0 saturated carbocycles. The smallest absolute Gasteiger partial charge is 0.547 e. The Bertz CT molecular complexity index is 835. The average molecular weight is 571 g/mol. The SMILES string of the molecule is CC(=O)NC1C(OC(C(=O)O)C(O)C(=O)[O-])OC(CO)C(OC2OC(C(=O)[O-])C(C)C(O)C2O)C1O.[Na+].[Na+]. The monoisotopic (exact) mass is 571 g/mol. The molecular formula is C19H27NNa2O16. The average Bonchev–Trinajstić information content (AvgIpc) is 2.79. The van der Waals surface area contributed by atoms with E-state index in [9.17, 15) is 60.0 Å². The number of amides is 1. The normalized spacial score (nSPS) is 36.5. The van der Waals surface area contributed by atoms with E-state index in [0.717, 1.165) is 6.92 Å². The van der Waals surface area contributed by atoms with Gasteiger partial charge in [0.25, 0.3) is 0 Å². The van der Waals surface area contributed by atoms with Gasteiger partial charge in [0.05, 0.1) is 24.6 Å². The van der Waals surface area contributed by atoms with Gasteiger partial charge >= 0.3 is 65.1 Å². The van der Waals surface area contributed by atoms with E-state index in [1.807, 2.05) is 0 Å². The van der Waals surface area contributed by atoms with Gasteiger partial charge in [-0.3, -0.25) is 4.79 Å². The molecule has 2 rings (SSSR count). The number of aliphatic hydroxyl groups excluding tert-OH is 5. The van der Waals surface area contributed by atoms with Crippen LogP contribution in [0.2, 0.25) is 0 Å². The van der Waals surface area contributed by atoms with Crippen molar-refractivity contribution in [2.45, 2.75) is 81.3 Å². The predicted octanol–water partition coefficient (Wildman–Crippen LogP) is -13.6. The number of aliphatic carboxylic acids is 3. The number of aliphatic hydroxyl groups is 5. The molecule has 0 aromatic rings. The number of rotatable bonds is 10. The van der Waals surface area contributed by atoms with E-state index in [1.165, 1.54) is 6.92 Å². The molecule has 19 heteroatoms. The second-order valence-corrected chi connectivity index (χ2v) is 8.29. The Balaban J connectivity index is 0.00000684. The summed E-state index contributed by atoms with van der Waals surface area (Å²) in [6.45, 7) is 1.27.